The van der Waals surface area contributed by atoms with Crippen molar-refractivity contribution >= 4 is 5.69 Å². The van der Waals surface area contributed by atoms with E-state index in [1.54, 1.807) is 6.07 Å². The number of phenolic OH excluding ortho intramolecular Hbond substituents is 1. The fourth-order valence-electron chi connectivity index (χ4n) is 1.22. The summed E-state index contributed by atoms with van der Waals surface area (Å²) < 4.78 is 5.46. The van der Waals surface area contributed by atoms with E-state index >= 15 is 0 Å². The molecule has 0 bridgehead atoms. The number of phenols is 1. The van der Waals surface area contributed by atoms with E-state index in [4.69, 9.17) is 4.74 Å². The highest BCUT2D eigenvalue weighted by atomic mass is 16.5. The lowest BCUT2D eigenvalue weighted by Gasteiger charge is -2.17. The first-order valence-corrected chi connectivity index (χ1v) is 4.68. The molecule has 1 N–H and O–H groups in total. The zero-order valence-corrected chi connectivity index (χ0v) is 9.11. The molecule has 0 amide bonds. The summed E-state index contributed by atoms with van der Waals surface area (Å²) in [5, 5.41) is 9.84. The lowest BCUT2D eigenvalue weighted by Crippen LogP contribution is -2.10. The average Bonchev–Trinajstić information content (AvgIpc) is 2.07. The first kappa shape index (κ1) is 10.7. The van der Waals surface area contributed by atoms with Crippen molar-refractivity contribution in [2.75, 3.05) is 19.0 Å². The Morgan fingerprint density at radius 2 is 1.93 bits per heavy atom. The van der Waals surface area contributed by atoms with Crippen LogP contribution in [0.25, 0.3) is 0 Å². The van der Waals surface area contributed by atoms with Crippen molar-refractivity contribution in [2.24, 2.45) is 0 Å². The van der Waals surface area contributed by atoms with Crippen molar-refractivity contribution in [3.05, 3.63) is 18.2 Å². The third-order valence-electron chi connectivity index (χ3n) is 1.82. The first-order chi connectivity index (χ1) is 6.52. The summed E-state index contributed by atoms with van der Waals surface area (Å²) in [5.41, 5.74) is 0.767. The molecule has 0 atom stereocenters. The minimum Gasteiger partial charge on any atom is -0.503 e. The number of para-hydroxylation sites is 1. The van der Waals surface area contributed by atoms with Gasteiger partial charge in [-0.25, -0.2) is 0 Å². The second-order valence-corrected chi connectivity index (χ2v) is 3.68. The molecule has 0 aliphatic rings. The molecule has 78 valence electrons. The van der Waals surface area contributed by atoms with Gasteiger partial charge in [0.25, 0.3) is 0 Å². The maximum Gasteiger partial charge on any atom is 0.181 e. The lowest BCUT2D eigenvalue weighted by atomic mass is 10.2. The fourth-order valence-corrected chi connectivity index (χ4v) is 1.22. The van der Waals surface area contributed by atoms with Crippen molar-refractivity contribution < 1.29 is 9.84 Å². The monoisotopic (exact) mass is 195 g/mol. The number of hydrogen-bond donors (Lipinski definition) is 1. The molecule has 1 aromatic rings. The molecular weight excluding hydrogens is 178 g/mol. The number of aromatic hydroxyl groups is 1. The van der Waals surface area contributed by atoms with Gasteiger partial charge in [-0.15, -0.1) is 0 Å². The Hall–Kier alpha value is -1.38. The van der Waals surface area contributed by atoms with Crippen LogP contribution >= 0.6 is 0 Å². The van der Waals surface area contributed by atoms with Crippen molar-refractivity contribution in [1.29, 1.82) is 0 Å². The molecule has 1 rings (SSSR count). The minimum atomic E-state index is 0.0679. The molecule has 0 aliphatic carbocycles. The Morgan fingerprint density at radius 3 is 2.43 bits per heavy atom. The van der Waals surface area contributed by atoms with Crippen LogP contribution in [0.5, 0.6) is 11.5 Å². The number of benzene rings is 1. The summed E-state index contributed by atoms with van der Waals surface area (Å²) in [5.74, 6) is 0.734. The third kappa shape index (κ3) is 2.31. The summed E-state index contributed by atoms with van der Waals surface area (Å²) in [6, 6.07) is 5.48. The Kier molecular flexibility index (Phi) is 3.23. The van der Waals surface area contributed by atoms with E-state index in [2.05, 4.69) is 0 Å². The molecule has 0 aromatic heterocycles. The average molecular weight is 195 g/mol. The summed E-state index contributed by atoms with van der Waals surface area (Å²) in [6.07, 6.45) is 0.0679. The van der Waals surface area contributed by atoms with Crippen molar-refractivity contribution in [3.8, 4) is 11.5 Å². The van der Waals surface area contributed by atoms with Gasteiger partial charge in [-0.05, 0) is 26.0 Å². The maximum absolute atomic E-state index is 9.84. The van der Waals surface area contributed by atoms with Crippen LogP contribution in [-0.4, -0.2) is 25.3 Å². The van der Waals surface area contributed by atoms with Crippen LogP contribution in [-0.2, 0) is 0 Å². The van der Waals surface area contributed by atoms with Gasteiger partial charge >= 0.3 is 0 Å². The summed E-state index contributed by atoms with van der Waals surface area (Å²) >= 11 is 0. The molecule has 0 saturated carbocycles. The van der Waals surface area contributed by atoms with Crippen LogP contribution in [0.1, 0.15) is 13.8 Å². The van der Waals surface area contributed by atoms with Gasteiger partial charge in [0.1, 0.15) is 0 Å². The van der Waals surface area contributed by atoms with Crippen molar-refractivity contribution in [2.45, 2.75) is 20.0 Å². The highest BCUT2D eigenvalue weighted by Gasteiger charge is 2.10. The first-order valence-electron chi connectivity index (χ1n) is 4.68. The predicted octanol–water partition coefficient (Wildman–Crippen LogP) is 2.25. The van der Waals surface area contributed by atoms with Gasteiger partial charge in [0.2, 0.25) is 0 Å². The molecule has 0 saturated heterocycles. The minimum absolute atomic E-state index is 0.0679. The largest absolute Gasteiger partial charge is 0.503 e. The van der Waals surface area contributed by atoms with Gasteiger partial charge in [-0.2, -0.15) is 0 Å². The lowest BCUT2D eigenvalue weighted by molar-refractivity contribution is 0.232. The van der Waals surface area contributed by atoms with E-state index in [1.165, 1.54) is 0 Å². The number of ether oxygens (including phenoxy) is 1. The summed E-state index contributed by atoms with van der Waals surface area (Å²) in [4.78, 5) is 1.85. The zero-order chi connectivity index (χ0) is 10.7. The van der Waals surface area contributed by atoms with Gasteiger partial charge in [0, 0.05) is 14.1 Å². The van der Waals surface area contributed by atoms with Gasteiger partial charge in [0.05, 0.1) is 11.8 Å². The Bertz CT molecular complexity index is 308. The van der Waals surface area contributed by atoms with E-state index < -0.39 is 0 Å². The molecule has 3 heteroatoms. The molecular formula is C11H17NO2. The molecule has 0 spiro atoms. The fraction of sp³-hybridized carbons (Fsp3) is 0.455. The highest BCUT2D eigenvalue weighted by Crippen LogP contribution is 2.35. The van der Waals surface area contributed by atoms with Gasteiger partial charge in [-0.1, -0.05) is 6.07 Å². The molecule has 3 nitrogen and oxygen atoms in total. The molecule has 1 aromatic carbocycles. The van der Waals surface area contributed by atoms with Crippen LogP contribution in [0.3, 0.4) is 0 Å². The molecule has 0 heterocycles. The van der Waals surface area contributed by atoms with Gasteiger partial charge in [0.15, 0.2) is 11.5 Å². The Labute approximate surface area is 84.9 Å². The van der Waals surface area contributed by atoms with E-state index in [1.807, 2.05) is 45.0 Å². The van der Waals surface area contributed by atoms with Crippen molar-refractivity contribution in [3.63, 3.8) is 0 Å². The predicted molar refractivity (Wildman–Crippen MR) is 58.2 cm³/mol. The normalized spacial score (nSPS) is 10.4. The smallest absolute Gasteiger partial charge is 0.181 e. The third-order valence-corrected chi connectivity index (χ3v) is 1.82. The Balaban J connectivity index is 3.01. The van der Waals surface area contributed by atoms with E-state index in [9.17, 15) is 5.11 Å². The number of nitrogens with zero attached hydrogens (tertiary/aromatic N) is 1. The summed E-state index contributed by atoms with van der Waals surface area (Å²) in [6.45, 7) is 3.86. The number of hydrogen-bond acceptors (Lipinski definition) is 3. The van der Waals surface area contributed by atoms with Crippen LogP contribution < -0.4 is 9.64 Å². The number of rotatable bonds is 3. The van der Waals surface area contributed by atoms with Gasteiger partial charge < -0.3 is 14.7 Å². The molecule has 0 aliphatic heterocycles. The van der Waals surface area contributed by atoms with Crippen molar-refractivity contribution in [1.82, 2.24) is 0 Å². The molecule has 0 fully saturated rings. The van der Waals surface area contributed by atoms with Crippen LogP contribution in [0.4, 0.5) is 5.69 Å². The second-order valence-electron chi connectivity index (χ2n) is 3.68. The summed E-state index contributed by atoms with van der Waals surface area (Å²) in [7, 11) is 3.77. The standard InChI is InChI=1S/C11H17NO2/c1-8(2)14-10-7-5-6-9(11(10)13)12(3)4/h5-8,13H,1-4H3. The van der Waals surface area contributed by atoms with E-state index in [0.29, 0.717) is 5.75 Å². The SMILES string of the molecule is CC(C)Oc1cccc(N(C)C)c1O. The molecule has 14 heavy (non-hydrogen) atoms. The topological polar surface area (TPSA) is 32.7 Å². The second kappa shape index (κ2) is 4.22. The number of anilines is 1. The molecule has 0 unspecified atom stereocenters. The quantitative estimate of drug-likeness (QED) is 0.803. The highest BCUT2D eigenvalue weighted by molar-refractivity contribution is 5.63. The zero-order valence-electron chi connectivity index (χ0n) is 9.11. The van der Waals surface area contributed by atoms with Crippen LogP contribution in [0.2, 0.25) is 0 Å². The Morgan fingerprint density at radius 1 is 1.29 bits per heavy atom. The maximum atomic E-state index is 9.84. The molecule has 0 radical (unpaired) electrons. The van der Waals surface area contributed by atoms with Gasteiger partial charge in [-0.3, -0.25) is 0 Å². The van der Waals surface area contributed by atoms with E-state index in [-0.39, 0.29) is 11.9 Å². The van der Waals surface area contributed by atoms with E-state index in [0.717, 1.165) is 5.69 Å². The van der Waals surface area contributed by atoms with Crippen LogP contribution in [0, 0.1) is 0 Å². The van der Waals surface area contributed by atoms with Crippen LogP contribution in [0.15, 0.2) is 18.2 Å².